The van der Waals surface area contributed by atoms with Gasteiger partial charge >= 0.3 is 0 Å². The molecular weight excluding hydrogens is 234 g/mol. The predicted octanol–water partition coefficient (Wildman–Crippen LogP) is 3.31. The van der Waals surface area contributed by atoms with Crippen molar-refractivity contribution in [1.82, 2.24) is 0 Å². The van der Waals surface area contributed by atoms with Crippen molar-refractivity contribution in [3.8, 4) is 16.9 Å². The summed E-state index contributed by atoms with van der Waals surface area (Å²) in [5.74, 6) is 0.866. The first kappa shape index (κ1) is 12.2. The topological polar surface area (TPSA) is 35.2 Å². The lowest BCUT2D eigenvalue weighted by atomic mass is 9.96. The molecule has 0 unspecified atom stereocenters. The zero-order valence-electron chi connectivity index (χ0n) is 11.3. The summed E-state index contributed by atoms with van der Waals surface area (Å²) in [7, 11) is 1.69. The van der Waals surface area contributed by atoms with Gasteiger partial charge in [-0.25, -0.2) is 0 Å². The van der Waals surface area contributed by atoms with Crippen LogP contribution in [-0.4, -0.2) is 7.11 Å². The molecule has 0 radical (unpaired) electrons. The molecule has 2 N–H and O–H groups in total. The van der Waals surface area contributed by atoms with Crippen LogP contribution in [0.25, 0.3) is 11.1 Å². The van der Waals surface area contributed by atoms with E-state index in [0.717, 1.165) is 11.3 Å². The summed E-state index contributed by atoms with van der Waals surface area (Å²) in [5.41, 5.74) is 12.5. The Morgan fingerprint density at radius 3 is 2.68 bits per heavy atom. The lowest BCUT2D eigenvalue weighted by molar-refractivity contribution is 0.414. The Balaban J connectivity index is 2.06. The summed E-state index contributed by atoms with van der Waals surface area (Å²) < 4.78 is 5.27. The zero-order valence-corrected chi connectivity index (χ0v) is 11.3. The maximum Gasteiger partial charge on any atom is 0.119 e. The smallest absolute Gasteiger partial charge is 0.119 e. The molecule has 2 nitrogen and oxygen atoms in total. The number of nitrogens with two attached hydrogens (primary N) is 1. The van der Waals surface area contributed by atoms with Crippen LogP contribution in [0.4, 0.5) is 0 Å². The van der Waals surface area contributed by atoms with E-state index >= 15 is 0 Å². The predicted molar refractivity (Wildman–Crippen MR) is 78.3 cm³/mol. The minimum atomic E-state index is 0.531. The minimum Gasteiger partial charge on any atom is -0.497 e. The summed E-state index contributed by atoms with van der Waals surface area (Å²) >= 11 is 0. The lowest BCUT2D eigenvalue weighted by Crippen LogP contribution is -2.00. The molecule has 2 aromatic carbocycles. The first-order chi connectivity index (χ1) is 9.31. The van der Waals surface area contributed by atoms with Gasteiger partial charge in [0, 0.05) is 6.54 Å². The average Bonchev–Trinajstić information content (AvgIpc) is 2.93. The standard InChI is InChI=1S/C17H19NO/c1-19-16-7-8-17(15(10-16)11-18)14-6-5-12-3-2-4-13(12)9-14/h5-10H,2-4,11,18H2,1H3. The first-order valence-electron chi connectivity index (χ1n) is 6.81. The maximum atomic E-state index is 5.87. The van der Waals surface area contributed by atoms with Crippen LogP contribution in [0.3, 0.4) is 0 Å². The monoisotopic (exact) mass is 253 g/mol. The van der Waals surface area contributed by atoms with Gasteiger partial charge in [0.2, 0.25) is 0 Å². The van der Waals surface area contributed by atoms with E-state index in [1.54, 1.807) is 7.11 Å². The summed E-state index contributed by atoms with van der Waals surface area (Å²) in [6, 6.07) is 12.9. The van der Waals surface area contributed by atoms with Crippen LogP contribution in [0, 0.1) is 0 Å². The summed E-state index contributed by atoms with van der Waals surface area (Å²) in [6.45, 7) is 0.531. The molecule has 0 fully saturated rings. The molecule has 0 bridgehead atoms. The van der Waals surface area contributed by atoms with Crippen molar-refractivity contribution in [2.24, 2.45) is 5.73 Å². The fourth-order valence-electron chi connectivity index (χ4n) is 2.89. The number of methoxy groups -OCH3 is 1. The number of fused-ring (bicyclic) bond motifs is 1. The Labute approximate surface area is 114 Å². The van der Waals surface area contributed by atoms with Gasteiger partial charge in [0.25, 0.3) is 0 Å². The van der Waals surface area contributed by atoms with E-state index in [2.05, 4.69) is 24.3 Å². The van der Waals surface area contributed by atoms with Gasteiger partial charge in [0.05, 0.1) is 7.11 Å². The van der Waals surface area contributed by atoms with E-state index in [1.807, 2.05) is 12.1 Å². The second kappa shape index (κ2) is 5.06. The van der Waals surface area contributed by atoms with Crippen LogP contribution in [0.5, 0.6) is 5.75 Å². The minimum absolute atomic E-state index is 0.531. The SMILES string of the molecule is COc1ccc(-c2ccc3c(c2)CCC3)c(CN)c1. The van der Waals surface area contributed by atoms with E-state index < -0.39 is 0 Å². The Hall–Kier alpha value is -1.80. The fraction of sp³-hybridized carbons (Fsp3) is 0.294. The number of ether oxygens (including phenoxy) is 1. The second-order valence-corrected chi connectivity index (χ2v) is 5.06. The van der Waals surface area contributed by atoms with Crippen LogP contribution in [0.2, 0.25) is 0 Å². The Morgan fingerprint density at radius 1 is 1.05 bits per heavy atom. The van der Waals surface area contributed by atoms with Gasteiger partial charge in [-0.05, 0) is 59.2 Å². The molecule has 1 aliphatic rings. The maximum absolute atomic E-state index is 5.87. The van der Waals surface area contributed by atoms with Gasteiger partial charge in [-0.15, -0.1) is 0 Å². The highest BCUT2D eigenvalue weighted by Gasteiger charge is 2.13. The van der Waals surface area contributed by atoms with Crippen LogP contribution >= 0.6 is 0 Å². The molecule has 2 aromatic rings. The molecule has 98 valence electrons. The van der Waals surface area contributed by atoms with E-state index in [9.17, 15) is 0 Å². The summed E-state index contributed by atoms with van der Waals surface area (Å²) in [6.07, 6.45) is 3.71. The molecule has 0 saturated heterocycles. The van der Waals surface area contributed by atoms with Crippen molar-refractivity contribution < 1.29 is 4.74 Å². The molecule has 19 heavy (non-hydrogen) atoms. The van der Waals surface area contributed by atoms with Gasteiger partial charge in [-0.1, -0.05) is 24.3 Å². The Bertz CT molecular complexity index is 604. The highest BCUT2D eigenvalue weighted by Crippen LogP contribution is 2.31. The molecule has 0 amide bonds. The number of aryl methyl sites for hydroxylation is 2. The zero-order chi connectivity index (χ0) is 13.2. The van der Waals surface area contributed by atoms with Gasteiger partial charge in [0.15, 0.2) is 0 Å². The third kappa shape index (κ3) is 2.24. The molecule has 0 atom stereocenters. The summed E-state index contributed by atoms with van der Waals surface area (Å²) in [5, 5.41) is 0. The van der Waals surface area contributed by atoms with Gasteiger partial charge < -0.3 is 10.5 Å². The molecule has 1 aliphatic carbocycles. The lowest BCUT2D eigenvalue weighted by Gasteiger charge is -2.11. The van der Waals surface area contributed by atoms with Crippen molar-refractivity contribution >= 4 is 0 Å². The van der Waals surface area contributed by atoms with Gasteiger partial charge in [-0.2, -0.15) is 0 Å². The van der Waals surface area contributed by atoms with Gasteiger partial charge in [-0.3, -0.25) is 0 Å². The quantitative estimate of drug-likeness (QED) is 0.910. The fourth-order valence-corrected chi connectivity index (χ4v) is 2.89. The Morgan fingerprint density at radius 2 is 1.89 bits per heavy atom. The molecule has 0 spiro atoms. The Kier molecular flexibility index (Phi) is 3.26. The van der Waals surface area contributed by atoms with Crippen molar-refractivity contribution in [3.05, 3.63) is 53.1 Å². The van der Waals surface area contributed by atoms with Crippen molar-refractivity contribution in [3.63, 3.8) is 0 Å². The molecular formula is C17H19NO. The normalized spacial score (nSPS) is 13.4. The largest absolute Gasteiger partial charge is 0.497 e. The van der Waals surface area contributed by atoms with Crippen LogP contribution in [0.15, 0.2) is 36.4 Å². The van der Waals surface area contributed by atoms with E-state index in [1.165, 1.54) is 41.5 Å². The highest BCUT2D eigenvalue weighted by atomic mass is 16.5. The highest BCUT2D eigenvalue weighted by molar-refractivity contribution is 5.70. The number of hydrogen-bond acceptors (Lipinski definition) is 2. The van der Waals surface area contributed by atoms with Crippen LogP contribution in [-0.2, 0) is 19.4 Å². The molecule has 0 saturated carbocycles. The molecule has 0 heterocycles. The van der Waals surface area contributed by atoms with E-state index in [4.69, 9.17) is 10.5 Å². The second-order valence-electron chi connectivity index (χ2n) is 5.06. The molecule has 0 aromatic heterocycles. The summed E-state index contributed by atoms with van der Waals surface area (Å²) in [4.78, 5) is 0. The average molecular weight is 253 g/mol. The number of rotatable bonds is 3. The van der Waals surface area contributed by atoms with Crippen LogP contribution in [0.1, 0.15) is 23.1 Å². The number of hydrogen-bond donors (Lipinski definition) is 1. The van der Waals surface area contributed by atoms with Crippen LogP contribution < -0.4 is 10.5 Å². The molecule has 3 rings (SSSR count). The molecule has 2 heteroatoms. The molecule has 0 aliphatic heterocycles. The van der Waals surface area contributed by atoms with Gasteiger partial charge in [0.1, 0.15) is 5.75 Å². The van der Waals surface area contributed by atoms with Crippen molar-refractivity contribution in [2.75, 3.05) is 7.11 Å². The third-order valence-corrected chi connectivity index (χ3v) is 3.94. The third-order valence-electron chi connectivity index (χ3n) is 3.94. The first-order valence-corrected chi connectivity index (χ1v) is 6.81. The van der Waals surface area contributed by atoms with Crippen molar-refractivity contribution in [2.45, 2.75) is 25.8 Å². The van der Waals surface area contributed by atoms with E-state index in [0.29, 0.717) is 6.54 Å². The number of benzene rings is 2. The van der Waals surface area contributed by atoms with E-state index in [-0.39, 0.29) is 0 Å². The van der Waals surface area contributed by atoms with Crippen molar-refractivity contribution in [1.29, 1.82) is 0 Å².